The predicted molar refractivity (Wildman–Crippen MR) is 86.9 cm³/mol. The average molecular weight is 301 g/mol. The Morgan fingerprint density at radius 3 is 2.55 bits per heavy atom. The lowest BCUT2D eigenvalue weighted by Crippen LogP contribution is -2.61. The van der Waals surface area contributed by atoms with E-state index in [-0.39, 0.29) is 17.9 Å². The van der Waals surface area contributed by atoms with Crippen LogP contribution in [0.3, 0.4) is 0 Å². The van der Waals surface area contributed by atoms with Gasteiger partial charge in [-0.3, -0.25) is 19.4 Å². The second-order valence-electron chi connectivity index (χ2n) is 6.62. The third-order valence-electron chi connectivity index (χ3n) is 4.77. The van der Waals surface area contributed by atoms with Gasteiger partial charge in [-0.1, -0.05) is 12.1 Å². The lowest BCUT2D eigenvalue weighted by Gasteiger charge is -2.44. The van der Waals surface area contributed by atoms with Crippen molar-refractivity contribution >= 4 is 23.2 Å². The molecule has 1 atom stereocenters. The van der Waals surface area contributed by atoms with Gasteiger partial charge in [-0.2, -0.15) is 0 Å². The van der Waals surface area contributed by atoms with Gasteiger partial charge in [0.2, 0.25) is 11.8 Å². The Labute approximate surface area is 131 Å². The summed E-state index contributed by atoms with van der Waals surface area (Å²) in [4.78, 5) is 29.4. The molecule has 2 heterocycles. The molecule has 22 heavy (non-hydrogen) atoms. The van der Waals surface area contributed by atoms with Gasteiger partial charge in [-0.15, -0.1) is 0 Å². The molecule has 0 aliphatic carbocycles. The van der Waals surface area contributed by atoms with Crippen LogP contribution in [0.25, 0.3) is 0 Å². The zero-order chi connectivity index (χ0) is 15.9. The van der Waals surface area contributed by atoms with E-state index in [2.05, 4.69) is 10.2 Å². The largest absolute Gasteiger partial charge is 0.322 e. The van der Waals surface area contributed by atoms with E-state index in [4.69, 9.17) is 0 Å². The highest BCUT2D eigenvalue weighted by molar-refractivity contribution is 6.15. The maximum absolute atomic E-state index is 13.1. The second kappa shape index (κ2) is 5.39. The summed E-state index contributed by atoms with van der Waals surface area (Å²) < 4.78 is 0. The van der Waals surface area contributed by atoms with Crippen LogP contribution in [-0.4, -0.2) is 41.4 Å². The van der Waals surface area contributed by atoms with Crippen LogP contribution >= 0.6 is 0 Å². The molecule has 0 unspecified atom stereocenters. The van der Waals surface area contributed by atoms with Crippen LogP contribution in [0.4, 0.5) is 11.4 Å². The Morgan fingerprint density at radius 1 is 1.23 bits per heavy atom. The normalized spacial score (nSPS) is 22.1. The van der Waals surface area contributed by atoms with Gasteiger partial charge in [0.15, 0.2) is 0 Å². The van der Waals surface area contributed by atoms with Crippen molar-refractivity contribution in [2.24, 2.45) is 0 Å². The van der Waals surface area contributed by atoms with E-state index in [0.717, 1.165) is 31.6 Å². The predicted octanol–water partition coefficient (Wildman–Crippen LogP) is 2.23. The molecular weight excluding hydrogens is 278 g/mol. The summed E-state index contributed by atoms with van der Waals surface area (Å²) >= 11 is 0. The van der Waals surface area contributed by atoms with Crippen molar-refractivity contribution in [1.82, 2.24) is 4.90 Å². The summed E-state index contributed by atoms with van der Waals surface area (Å²) in [6, 6.07) is 7.28. The number of likely N-dealkylation sites (tertiary alicyclic amines) is 1. The molecule has 1 aromatic carbocycles. The first-order valence-corrected chi connectivity index (χ1v) is 7.91. The number of hydrogen-bond acceptors (Lipinski definition) is 3. The van der Waals surface area contributed by atoms with E-state index < -0.39 is 5.54 Å². The van der Waals surface area contributed by atoms with Gasteiger partial charge in [0.1, 0.15) is 5.54 Å². The van der Waals surface area contributed by atoms with Crippen molar-refractivity contribution in [2.75, 3.05) is 23.3 Å². The van der Waals surface area contributed by atoms with E-state index >= 15 is 0 Å². The first-order valence-electron chi connectivity index (χ1n) is 7.91. The summed E-state index contributed by atoms with van der Waals surface area (Å²) in [6.45, 7) is 7.45. The molecule has 0 radical (unpaired) electrons. The van der Waals surface area contributed by atoms with Crippen molar-refractivity contribution in [1.29, 1.82) is 0 Å². The van der Waals surface area contributed by atoms with Gasteiger partial charge in [-0.05, 0) is 58.8 Å². The van der Waals surface area contributed by atoms with Crippen molar-refractivity contribution in [3.8, 4) is 0 Å². The molecule has 5 nitrogen and oxygen atoms in total. The number of anilines is 2. The molecule has 0 aromatic heterocycles. The van der Waals surface area contributed by atoms with Crippen LogP contribution in [-0.2, 0) is 9.59 Å². The number of carbonyl (C=O) groups excluding carboxylic acids is 2. The number of nitrogens with zero attached hydrogens (tertiary/aromatic N) is 2. The standard InChI is InChI=1S/C17H23N3O2/c1-12(19-10-6-7-11-19)15(21)20-14-9-5-4-8-13(14)18-16(22)17(20,2)3/h4-5,8-9,12H,6-7,10-11H2,1-3H3,(H,18,22)/t12-/m1/s1. The van der Waals surface area contributed by atoms with Crippen LogP contribution in [0.1, 0.15) is 33.6 Å². The highest BCUT2D eigenvalue weighted by Crippen LogP contribution is 2.37. The van der Waals surface area contributed by atoms with Crippen molar-refractivity contribution in [3.63, 3.8) is 0 Å². The van der Waals surface area contributed by atoms with Gasteiger partial charge >= 0.3 is 0 Å². The number of para-hydroxylation sites is 2. The summed E-state index contributed by atoms with van der Waals surface area (Å²) in [7, 11) is 0. The van der Waals surface area contributed by atoms with Crippen LogP contribution in [0.5, 0.6) is 0 Å². The Hall–Kier alpha value is -1.88. The Kier molecular flexibility index (Phi) is 3.68. The number of carbonyl (C=O) groups is 2. The minimum atomic E-state index is -0.889. The van der Waals surface area contributed by atoms with E-state index in [9.17, 15) is 9.59 Å². The molecule has 1 N–H and O–H groups in total. The van der Waals surface area contributed by atoms with Crippen LogP contribution < -0.4 is 10.2 Å². The maximum Gasteiger partial charge on any atom is 0.250 e. The molecule has 0 spiro atoms. The Morgan fingerprint density at radius 2 is 1.86 bits per heavy atom. The SMILES string of the molecule is C[C@H](C(=O)N1c2ccccc2NC(=O)C1(C)C)N1CCCC1. The Bertz CT molecular complexity index is 606. The number of rotatable bonds is 2. The Balaban J connectivity index is 1.99. The minimum Gasteiger partial charge on any atom is -0.322 e. The molecule has 5 heteroatoms. The minimum absolute atomic E-state index is 0.00537. The summed E-state index contributed by atoms with van der Waals surface area (Å²) in [5.74, 6) is -0.151. The smallest absolute Gasteiger partial charge is 0.250 e. The van der Waals surface area contributed by atoms with E-state index in [1.807, 2.05) is 31.2 Å². The average Bonchev–Trinajstić information content (AvgIpc) is 3.01. The first-order chi connectivity index (χ1) is 10.4. The lowest BCUT2D eigenvalue weighted by atomic mass is 9.95. The van der Waals surface area contributed by atoms with E-state index in [1.54, 1.807) is 18.7 Å². The number of fused-ring (bicyclic) bond motifs is 1. The van der Waals surface area contributed by atoms with E-state index in [0.29, 0.717) is 5.69 Å². The molecule has 2 aliphatic heterocycles. The molecule has 0 saturated carbocycles. The molecule has 0 bridgehead atoms. The van der Waals surface area contributed by atoms with Crippen molar-refractivity contribution in [2.45, 2.75) is 45.2 Å². The topological polar surface area (TPSA) is 52.7 Å². The highest BCUT2D eigenvalue weighted by Gasteiger charge is 2.45. The maximum atomic E-state index is 13.1. The third kappa shape index (κ3) is 2.29. The van der Waals surface area contributed by atoms with Gasteiger partial charge in [0.05, 0.1) is 17.4 Å². The number of nitrogens with one attached hydrogen (secondary N) is 1. The number of benzene rings is 1. The summed E-state index contributed by atoms with van der Waals surface area (Å²) in [5.41, 5.74) is 0.594. The molecule has 118 valence electrons. The molecule has 1 saturated heterocycles. The quantitative estimate of drug-likeness (QED) is 0.911. The number of amides is 2. The summed E-state index contributed by atoms with van der Waals surface area (Å²) in [5, 5.41) is 2.90. The molecule has 3 rings (SSSR count). The van der Waals surface area contributed by atoms with Crippen LogP contribution in [0.15, 0.2) is 24.3 Å². The second-order valence-corrected chi connectivity index (χ2v) is 6.62. The van der Waals surface area contributed by atoms with E-state index in [1.165, 1.54) is 0 Å². The fraction of sp³-hybridized carbons (Fsp3) is 0.529. The van der Waals surface area contributed by atoms with Gasteiger partial charge in [0.25, 0.3) is 0 Å². The molecule has 2 aliphatic rings. The fourth-order valence-corrected chi connectivity index (χ4v) is 3.32. The van der Waals surface area contributed by atoms with Crippen LogP contribution in [0, 0.1) is 0 Å². The highest BCUT2D eigenvalue weighted by atomic mass is 16.2. The number of hydrogen-bond donors (Lipinski definition) is 1. The van der Waals surface area contributed by atoms with Gasteiger partial charge in [-0.25, -0.2) is 0 Å². The zero-order valence-corrected chi connectivity index (χ0v) is 13.4. The van der Waals surface area contributed by atoms with Gasteiger partial charge in [0, 0.05) is 0 Å². The summed E-state index contributed by atoms with van der Waals surface area (Å²) in [6.07, 6.45) is 2.27. The van der Waals surface area contributed by atoms with Crippen molar-refractivity contribution in [3.05, 3.63) is 24.3 Å². The molecular formula is C17H23N3O2. The monoisotopic (exact) mass is 301 g/mol. The third-order valence-corrected chi connectivity index (χ3v) is 4.77. The molecule has 2 amide bonds. The zero-order valence-electron chi connectivity index (χ0n) is 13.4. The lowest BCUT2D eigenvalue weighted by molar-refractivity contribution is -0.129. The molecule has 1 fully saturated rings. The van der Waals surface area contributed by atoms with Gasteiger partial charge < -0.3 is 5.32 Å². The fourth-order valence-electron chi connectivity index (χ4n) is 3.32. The van der Waals surface area contributed by atoms with Crippen LogP contribution in [0.2, 0.25) is 0 Å². The van der Waals surface area contributed by atoms with Crippen molar-refractivity contribution < 1.29 is 9.59 Å². The first kappa shape index (κ1) is 15.0. The molecule has 1 aromatic rings.